The Balaban J connectivity index is 2.23. The van der Waals surface area contributed by atoms with E-state index in [9.17, 15) is 9.59 Å². The third-order valence-corrected chi connectivity index (χ3v) is 6.06. The van der Waals surface area contributed by atoms with Gasteiger partial charge in [0.05, 0.1) is 25.4 Å². The van der Waals surface area contributed by atoms with E-state index in [1.165, 1.54) is 25.4 Å². The number of ether oxygens (including phenoxy) is 2. The third kappa shape index (κ3) is 1.32. The van der Waals surface area contributed by atoms with Crippen LogP contribution in [0.15, 0.2) is 22.3 Å². The number of methoxy groups -OCH3 is 2. The maximum atomic E-state index is 12.3. The molecule has 0 N–H and O–H groups in total. The number of carbonyl (C=O) groups excluding carboxylic acids is 2. The van der Waals surface area contributed by atoms with Gasteiger partial charge in [-0.15, -0.1) is 0 Å². The Morgan fingerprint density at radius 2 is 1.19 bits per heavy atom. The van der Waals surface area contributed by atoms with E-state index < -0.39 is 0 Å². The zero-order valence-corrected chi connectivity index (χ0v) is 13.2. The van der Waals surface area contributed by atoms with Crippen molar-refractivity contribution in [1.29, 1.82) is 0 Å². The minimum absolute atomic E-state index is 0.274. The van der Waals surface area contributed by atoms with Crippen molar-refractivity contribution in [3.05, 3.63) is 22.3 Å². The fraction of sp³-hybridized carbons (Fsp3) is 0.647. The standard InChI is InChI=1S/C17H22O4/c1-10-11(2)17-9-7-5-6-8-16(10,17)12(14(18)20-3)13(17)15(19)21-4/h5-9H2,1-4H3. The van der Waals surface area contributed by atoms with E-state index in [-0.39, 0.29) is 22.8 Å². The van der Waals surface area contributed by atoms with E-state index in [4.69, 9.17) is 9.47 Å². The Labute approximate surface area is 125 Å². The van der Waals surface area contributed by atoms with Crippen molar-refractivity contribution in [2.24, 2.45) is 10.8 Å². The molecule has 114 valence electrons. The van der Waals surface area contributed by atoms with Gasteiger partial charge in [-0.2, -0.15) is 0 Å². The second kappa shape index (κ2) is 4.46. The number of allylic oxidation sites excluding steroid dienone is 2. The molecular formula is C17H22O4. The maximum absolute atomic E-state index is 12.3. The van der Waals surface area contributed by atoms with Crippen LogP contribution in [-0.2, 0) is 19.1 Å². The summed E-state index contributed by atoms with van der Waals surface area (Å²) in [6, 6.07) is 0. The van der Waals surface area contributed by atoms with Crippen LogP contribution in [0.5, 0.6) is 0 Å². The first-order chi connectivity index (χ1) is 9.99. The molecule has 0 aromatic heterocycles. The van der Waals surface area contributed by atoms with Crippen LogP contribution in [-0.4, -0.2) is 26.2 Å². The van der Waals surface area contributed by atoms with Gasteiger partial charge in [0.15, 0.2) is 0 Å². The minimum Gasteiger partial charge on any atom is -0.466 e. The average molecular weight is 290 g/mol. The van der Waals surface area contributed by atoms with Crippen LogP contribution in [0.1, 0.15) is 46.0 Å². The van der Waals surface area contributed by atoms with E-state index in [2.05, 4.69) is 13.8 Å². The molecular weight excluding hydrogens is 268 g/mol. The molecule has 4 nitrogen and oxygen atoms in total. The molecule has 1 saturated carbocycles. The molecule has 3 aliphatic carbocycles. The second-order valence-electron chi connectivity index (χ2n) is 6.35. The summed E-state index contributed by atoms with van der Waals surface area (Å²) in [6.45, 7) is 4.19. The zero-order chi connectivity index (χ0) is 15.4. The van der Waals surface area contributed by atoms with Crippen molar-refractivity contribution in [1.82, 2.24) is 0 Å². The Hall–Kier alpha value is -1.58. The summed E-state index contributed by atoms with van der Waals surface area (Å²) in [4.78, 5) is 24.6. The topological polar surface area (TPSA) is 52.6 Å². The van der Waals surface area contributed by atoms with Gasteiger partial charge in [0.2, 0.25) is 0 Å². The van der Waals surface area contributed by atoms with E-state index in [0.29, 0.717) is 11.1 Å². The van der Waals surface area contributed by atoms with Crippen molar-refractivity contribution in [3.63, 3.8) is 0 Å². The molecule has 0 saturated heterocycles. The largest absolute Gasteiger partial charge is 0.466 e. The van der Waals surface area contributed by atoms with Crippen molar-refractivity contribution in [2.45, 2.75) is 46.0 Å². The fourth-order valence-corrected chi connectivity index (χ4v) is 5.15. The molecule has 1 fully saturated rings. The molecule has 3 rings (SSSR count). The summed E-state index contributed by atoms with van der Waals surface area (Å²) >= 11 is 0. The monoisotopic (exact) mass is 290 g/mol. The first kappa shape index (κ1) is 14.4. The predicted octanol–water partition coefficient (Wildman–Crippen LogP) is 2.93. The Morgan fingerprint density at radius 1 is 0.810 bits per heavy atom. The number of hydrogen-bond donors (Lipinski definition) is 0. The molecule has 0 radical (unpaired) electrons. The van der Waals surface area contributed by atoms with Crippen molar-refractivity contribution in [3.8, 4) is 0 Å². The first-order valence-electron chi connectivity index (χ1n) is 7.59. The van der Waals surface area contributed by atoms with Gasteiger partial charge >= 0.3 is 11.9 Å². The van der Waals surface area contributed by atoms with Crippen LogP contribution in [0, 0.1) is 10.8 Å². The lowest BCUT2D eigenvalue weighted by atomic mass is 9.32. The zero-order valence-electron chi connectivity index (χ0n) is 13.2. The SMILES string of the molecule is COC(=O)C1=C(C(=O)OC)C23CCCCCC12C(C)=C3C. The van der Waals surface area contributed by atoms with Crippen molar-refractivity contribution < 1.29 is 19.1 Å². The fourth-order valence-electron chi connectivity index (χ4n) is 5.15. The molecule has 0 aromatic carbocycles. The number of hydrogen-bond acceptors (Lipinski definition) is 4. The molecule has 0 bridgehead atoms. The highest BCUT2D eigenvalue weighted by Crippen LogP contribution is 2.79. The van der Waals surface area contributed by atoms with Gasteiger partial charge in [-0.25, -0.2) is 9.59 Å². The molecule has 21 heavy (non-hydrogen) atoms. The number of carbonyl (C=O) groups is 2. The molecule has 3 aliphatic rings. The number of esters is 2. The van der Waals surface area contributed by atoms with E-state index in [1.54, 1.807) is 0 Å². The van der Waals surface area contributed by atoms with Gasteiger partial charge in [-0.05, 0) is 26.7 Å². The van der Waals surface area contributed by atoms with Gasteiger partial charge in [0, 0.05) is 10.8 Å². The van der Waals surface area contributed by atoms with Gasteiger partial charge in [-0.3, -0.25) is 0 Å². The van der Waals surface area contributed by atoms with E-state index in [1.807, 2.05) is 0 Å². The van der Waals surface area contributed by atoms with Gasteiger partial charge < -0.3 is 9.47 Å². The molecule has 2 atom stereocenters. The number of rotatable bonds is 2. The van der Waals surface area contributed by atoms with Crippen LogP contribution in [0.2, 0.25) is 0 Å². The Bertz CT molecular complexity index is 548. The highest BCUT2D eigenvalue weighted by molar-refractivity contribution is 6.09. The maximum Gasteiger partial charge on any atom is 0.335 e. The lowest BCUT2D eigenvalue weighted by molar-refractivity contribution is -0.147. The summed E-state index contributed by atoms with van der Waals surface area (Å²) < 4.78 is 9.94. The van der Waals surface area contributed by atoms with Crippen molar-refractivity contribution >= 4 is 11.9 Å². The van der Waals surface area contributed by atoms with E-state index in [0.717, 1.165) is 32.1 Å². The molecule has 0 amide bonds. The molecule has 4 heteroatoms. The van der Waals surface area contributed by atoms with Crippen LogP contribution in [0.4, 0.5) is 0 Å². The second-order valence-corrected chi connectivity index (χ2v) is 6.35. The average Bonchev–Trinajstić information content (AvgIpc) is 2.61. The van der Waals surface area contributed by atoms with Gasteiger partial charge in [0.1, 0.15) is 0 Å². The van der Waals surface area contributed by atoms with Crippen molar-refractivity contribution in [2.75, 3.05) is 14.2 Å². The molecule has 0 spiro atoms. The van der Waals surface area contributed by atoms with Gasteiger partial charge in [0.25, 0.3) is 0 Å². The Morgan fingerprint density at radius 3 is 1.52 bits per heavy atom. The van der Waals surface area contributed by atoms with Crippen LogP contribution >= 0.6 is 0 Å². The first-order valence-corrected chi connectivity index (χ1v) is 7.59. The summed E-state index contributed by atoms with van der Waals surface area (Å²) in [7, 11) is 2.75. The lowest BCUT2D eigenvalue weighted by Gasteiger charge is -2.68. The Kier molecular flexibility index (Phi) is 3.05. The highest BCUT2D eigenvalue weighted by Gasteiger charge is 2.75. The lowest BCUT2D eigenvalue weighted by Crippen LogP contribution is -2.65. The molecule has 0 heterocycles. The summed E-state index contributed by atoms with van der Waals surface area (Å²) in [5.74, 6) is -0.750. The minimum atomic E-state index is -0.375. The normalized spacial score (nSPS) is 34.1. The highest BCUT2D eigenvalue weighted by atomic mass is 16.5. The quantitative estimate of drug-likeness (QED) is 0.579. The smallest absolute Gasteiger partial charge is 0.335 e. The van der Waals surface area contributed by atoms with Gasteiger partial charge in [-0.1, -0.05) is 30.4 Å². The predicted molar refractivity (Wildman–Crippen MR) is 77.4 cm³/mol. The molecule has 2 unspecified atom stereocenters. The summed E-state index contributed by atoms with van der Waals surface area (Å²) in [6.07, 6.45) is 5.18. The van der Waals surface area contributed by atoms with Crippen LogP contribution in [0.3, 0.4) is 0 Å². The molecule has 0 aromatic rings. The van der Waals surface area contributed by atoms with E-state index >= 15 is 0 Å². The summed E-state index contributed by atoms with van der Waals surface area (Å²) in [5.41, 5.74) is 3.06. The third-order valence-electron chi connectivity index (χ3n) is 6.06. The molecule has 0 aliphatic heterocycles. The van der Waals surface area contributed by atoms with Crippen LogP contribution in [0.25, 0.3) is 0 Å². The summed E-state index contributed by atoms with van der Waals surface area (Å²) in [5, 5.41) is 0. The van der Waals surface area contributed by atoms with Crippen LogP contribution < -0.4 is 0 Å².